The van der Waals surface area contributed by atoms with E-state index in [1.807, 2.05) is 13.0 Å². The molecule has 1 aliphatic rings. The molecule has 0 heterocycles. The van der Waals surface area contributed by atoms with Crippen molar-refractivity contribution in [3.05, 3.63) is 28.8 Å². The molecule has 0 saturated heterocycles. The van der Waals surface area contributed by atoms with Crippen LogP contribution in [0.15, 0.2) is 12.1 Å². The second-order valence-electron chi connectivity index (χ2n) is 5.51. The van der Waals surface area contributed by atoms with Gasteiger partial charge in [0.05, 0.1) is 0 Å². The second-order valence-corrected chi connectivity index (χ2v) is 5.51. The molecular formula is C15H22O2. The monoisotopic (exact) mass is 234 g/mol. The molecule has 1 aromatic carbocycles. The first-order valence-corrected chi connectivity index (χ1v) is 6.48. The number of aryl methyl sites for hydroxylation is 1. The van der Waals surface area contributed by atoms with Crippen LogP contribution in [0.4, 0.5) is 0 Å². The summed E-state index contributed by atoms with van der Waals surface area (Å²) in [7, 11) is 0. The van der Waals surface area contributed by atoms with Crippen molar-refractivity contribution in [3.63, 3.8) is 0 Å². The third-order valence-corrected chi connectivity index (χ3v) is 4.22. The zero-order valence-electron chi connectivity index (χ0n) is 10.9. The van der Waals surface area contributed by atoms with E-state index in [4.69, 9.17) is 0 Å². The zero-order chi connectivity index (χ0) is 12.6. The Hall–Kier alpha value is -1.02. The fourth-order valence-corrected chi connectivity index (χ4v) is 2.94. The largest absolute Gasteiger partial charge is 0.508 e. The summed E-state index contributed by atoms with van der Waals surface area (Å²) >= 11 is 0. The highest BCUT2D eigenvalue weighted by Crippen LogP contribution is 2.44. The van der Waals surface area contributed by atoms with E-state index in [1.165, 1.54) is 11.1 Å². The van der Waals surface area contributed by atoms with E-state index in [0.717, 1.165) is 18.4 Å². The summed E-state index contributed by atoms with van der Waals surface area (Å²) in [5, 5.41) is 19.2. The van der Waals surface area contributed by atoms with Gasteiger partial charge in [-0.2, -0.15) is 0 Å². The van der Waals surface area contributed by atoms with E-state index in [1.54, 1.807) is 0 Å². The number of hydrogen-bond acceptors (Lipinski definition) is 2. The van der Waals surface area contributed by atoms with Gasteiger partial charge in [-0.1, -0.05) is 19.9 Å². The van der Waals surface area contributed by atoms with Gasteiger partial charge < -0.3 is 10.2 Å². The zero-order valence-corrected chi connectivity index (χ0v) is 10.9. The second kappa shape index (κ2) is 4.69. The van der Waals surface area contributed by atoms with Gasteiger partial charge in [-0.3, -0.25) is 0 Å². The molecule has 2 N–H and O–H groups in total. The lowest BCUT2D eigenvalue weighted by Crippen LogP contribution is -2.20. The predicted molar refractivity (Wildman–Crippen MR) is 69.5 cm³/mol. The minimum Gasteiger partial charge on any atom is -0.508 e. The molecule has 2 heteroatoms. The Balaban J connectivity index is 2.47. The predicted octanol–water partition coefficient (Wildman–Crippen LogP) is 3.31. The van der Waals surface area contributed by atoms with E-state index in [0.29, 0.717) is 23.5 Å². The number of benzene rings is 1. The number of phenolic OH excluding ortho intramolecular Hbond substituents is 1. The van der Waals surface area contributed by atoms with Gasteiger partial charge in [-0.05, 0) is 60.3 Å². The van der Waals surface area contributed by atoms with Crippen molar-refractivity contribution < 1.29 is 10.2 Å². The maximum Gasteiger partial charge on any atom is 0.118 e. The molecule has 1 aromatic rings. The van der Waals surface area contributed by atoms with E-state index in [2.05, 4.69) is 19.9 Å². The highest BCUT2D eigenvalue weighted by atomic mass is 16.3. The van der Waals surface area contributed by atoms with Crippen molar-refractivity contribution in [2.24, 2.45) is 5.92 Å². The Morgan fingerprint density at radius 2 is 2.00 bits per heavy atom. The summed E-state index contributed by atoms with van der Waals surface area (Å²) in [5.41, 5.74) is 3.54. The molecule has 94 valence electrons. The van der Waals surface area contributed by atoms with Crippen molar-refractivity contribution in [1.82, 2.24) is 0 Å². The van der Waals surface area contributed by atoms with E-state index < -0.39 is 0 Å². The Bertz CT molecular complexity index is 412. The van der Waals surface area contributed by atoms with Crippen molar-refractivity contribution in [2.75, 3.05) is 6.61 Å². The van der Waals surface area contributed by atoms with E-state index in [-0.39, 0.29) is 6.61 Å². The lowest BCUT2D eigenvalue weighted by molar-refractivity contribution is 0.206. The molecule has 0 aromatic heterocycles. The highest BCUT2D eigenvalue weighted by molar-refractivity contribution is 5.45. The maximum atomic E-state index is 9.83. The van der Waals surface area contributed by atoms with E-state index in [9.17, 15) is 10.2 Å². The summed E-state index contributed by atoms with van der Waals surface area (Å²) in [6.07, 6.45) is 2.28. The molecule has 1 unspecified atom stereocenters. The van der Waals surface area contributed by atoms with E-state index >= 15 is 0 Å². The molecule has 1 aliphatic carbocycles. The van der Waals surface area contributed by atoms with Crippen LogP contribution in [0.1, 0.15) is 55.2 Å². The number of aromatic hydroxyl groups is 1. The standard InChI is InChI=1S/C15H22O2/c1-9-4-5-12(11(3)8-16)14-6-10(2)15(17)7-13(9)14/h6-7,9,11-12,16-17H,4-5,8H2,1-3H3/t9-,11?,12-/m0/s1. The Kier molecular flexibility index (Phi) is 3.43. The Labute approximate surface area is 103 Å². The Morgan fingerprint density at radius 3 is 2.65 bits per heavy atom. The summed E-state index contributed by atoms with van der Waals surface area (Å²) in [6.45, 7) is 6.49. The SMILES string of the molecule is Cc1cc2c(cc1O)[C@@H](C)CC[C@H]2C(C)CO. The first kappa shape index (κ1) is 12.4. The van der Waals surface area contributed by atoms with Crippen molar-refractivity contribution in [2.45, 2.75) is 45.4 Å². The van der Waals surface area contributed by atoms with Gasteiger partial charge in [0.1, 0.15) is 5.75 Å². The van der Waals surface area contributed by atoms with Crippen LogP contribution in [0, 0.1) is 12.8 Å². The smallest absolute Gasteiger partial charge is 0.118 e. The van der Waals surface area contributed by atoms with Crippen LogP contribution in [0.25, 0.3) is 0 Å². The third kappa shape index (κ3) is 2.19. The summed E-state index contributed by atoms with van der Waals surface area (Å²) in [4.78, 5) is 0. The molecule has 2 rings (SSSR count). The molecule has 0 radical (unpaired) electrons. The molecule has 0 amide bonds. The normalized spacial score (nSPS) is 25.4. The van der Waals surface area contributed by atoms with Crippen LogP contribution < -0.4 is 0 Å². The first-order chi connectivity index (χ1) is 8.04. The lowest BCUT2D eigenvalue weighted by Gasteiger charge is -2.33. The fraction of sp³-hybridized carbons (Fsp3) is 0.600. The summed E-state index contributed by atoms with van der Waals surface area (Å²) in [6, 6.07) is 4.03. The molecule has 3 atom stereocenters. The van der Waals surface area contributed by atoms with Crippen LogP contribution in [0.2, 0.25) is 0 Å². The summed E-state index contributed by atoms with van der Waals surface area (Å²) in [5.74, 6) is 1.64. The molecule has 0 bridgehead atoms. The highest BCUT2D eigenvalue weighted by Gasteiger charge is 2.29. The molecular weight excluding hydrogens is 212 g/mol. The third-order valence-electron chi connectivity index (χ3n) is 4.22. The van der Waals surface area contributed by atoms with Gasteiger partial charge in [-0.15, -0.1) is 0 Å². The topological polar surface area (TPSA) is 40.5 Å². The lowest BCUT2D eigenvalue weighted by atomic mass is 9.72. The molecule has 0 spiro atoms. The van der Waals surface area contributed by atoms with Crippen molar-refractivity contribution in [3.8, 4) is 5.75 Å². The molecule has 17 heavy (non-hydrogen) atoms. The minimum atomic E-state index is 0.235. The number of fused-ring (bicyclic) bond motifs is 1. The van der Waals surface area contributed by atoms with Crippen molar-refractivity contribution >= 4 is 0 Å². The van der Waals surface area contributed by atoms with Gasteiger partial charge in [-0.25, -0.2) is 0 Å². The molecule has 0 aliphatic heterocycles. The average molecular weight is 234 g/mol. The molecule has 0 saturated carbocycles. The van der Waals surface area contributed by atoms with Gasteiger partial charge in [0.2, 0.25) is 0 Å². The number of rotatable bonds is 2. The first-order valence-electron chi connectivity index (χ1n) is 6.48. The molecule has 2 nitrogen and oxygen atoms in total. The molecule has 0 fully saturated rings. The quantitative estimate of drug-likeness (QED) is 0.824. The number of phenols is 1. The number of aliphatic hydroxyl groups is 1. The Morgan fingerprint density at radius 1 is 1.29 bits per heavy atom. The minimum absolute atomic E-state index is 0.235. The average Bonchev–Trinajstić information content (AvgIpc) is 2.31. The summed E-state index contributed by atoms with van der Waals surface area (Å²) < 4.78 is 0. The van der Waals surface area contributed by atoms with Gasteiger partial charge in [0.25, 0.3) is 0 Å². The van der Waals surface area contributed by atoms with Gasteiger partial charge in [0, 0.05) is 6.61 Å². The van der Waals surface area contributed by atoms with Crippen LogP contribution in [-0.4, -0.2) is 16.8 Å². The van der Waals surface area contributed by atoms with Crippen LogP contribution >= 0.6 is 0 Å². The van der Waals surface area contributed by atoms with Crippen LogP contribution in [-0.2, 0) is 0 Å². The van der Waals surface area contributed by atoms with Crippen LogP contribution in [0.5, 0.6) is 5.75 Å². The van der Waals surface area contributed by atoms with Crippen molar-refractivity contribution in [1.29, 1.82) is 0 Å². The van der Waals surface area contributed by atoms with Gasteiger partial charge >= 0.3 is 0 Å². The maximum absolute atomic E-state index is 9.83. The van der Waals surface area contributed by atoms with Gasteiger partial charge in [0.15, 0.2) is 0 Å². The number of hydrogen-bond donors (Lipinski definition) is 2. The van der Waals surface area contributed by atoms with Crippen LogP contribution in [0.3, 0.4) is 0 Å². The fourth-order valence-electron chi connectivity index (χ4n) is 2.94. The number of aliphatic hydroxyl groups excluding tert-OH is 1.